The lowest BCUT2D eigenvalue weighted by atomic mass is 9.82. The summed E-state index contributed by atoms with van der Waals surface area (Å²) in [5.41, 5.74) is 2.43. The van der Waals surface area contributed by atoms with Crippen molar-refractivity contribution in [2.75, 3.05) is 13.2 Å². The molecule has 1 aliphatic rings. The Morgan fingerprint density at radius 1 is 1.18 bits per heavy atom. The molecular weight excluding hydrogens is 298 g/mol. The average Bonchev–Trinajstić information content (AvgIpc) is 2.54. The smallest absolute Gasteiger partial charge is 0.214 e. The van der Waals surface area contributed by atoms with Crippen molar-refractivity contribution in [2.24, 2.45) is 0 Å². The Labute approximate surface area is 134 Å². The zero-order chi connectivity index (χ0) is 16.2. The molecule has 1 heterocycles. The van der Waals surface area contributed by atoms with Crippen LogP contribution in [0.15, 0.2) is 24.3 Å². The van der Waals surface area contributed by atoms with E-state index in [-0.39, 0.29) is 10.7 Å². The highest BCUT2D eigenvalue weighted by molar-refractivity contribution is 7.90. The minimum absolute atomic E-state index is 0.153. The molecule has 2 rings (SSSR count). The van der Waals surface area contributed by atoms with Crippen LogP contribution >= 0.6 is 0 Å². The largest absolute Gasteiger partial charge is 0.381 e. The summed E-state index contributed by atoms with van der Waals surface area (Å²) in [6.45, 7) is 8.03. The van der Waals surface area contributed by atoms with Gasteiger partial charge in [-0.25, -0.2) is 13.1 Å². The zero-order valence-electron chi connectivity index (χ0n) is 13.8. The molecule has 0 radical (unpaired) electrons. The second kappa shape index (κ2) is 7.11. The maximum Gasteiger partial charge on any atom is 0.214 e. The van der Waals surface area contributed by atoms with E-state index in [1.54, 1.807) is 0 Å². The lowest BCUT2D eigenvalue weighted by Crippen LogP contribution is -2.37. The van der Waals surface area contributed by atoms with Gasteiger partial charge in [0.1, 0.15) is 0 Å². The first kappa shape index (κ1) is 17.4. The summed E-state index contributed by atoms with van der Waals surface area (Å²) < 4.78 is 32.5. The fraction of sp³-hybridized carbons (Fsp3) is 0.647. The third-order valence-corrected chi connectivity index (χ3v) is 6.60. The minimum atomic E-state index is -3.25. The van der Waals surface area contributed by atoms with E-state index in [2.05, 4.69) is 37.6 Å². The number of rotatable bonds is 6. The first-order chi connectivity index (χ1) is 10.3. The van der Waals surface area contributed by atoms with E-state index in [4.69, 9.17) is 4.74 Å². The third-order valence-electron chi connectivity index (χ3n) is 4.70. The van der Waals surface area contributed by atoms with Crippen LogP contribution < -0.4 is 4.72 Å². The Balaban J connectivity index is 1.96. The van der Waals surface area contributed by atoms with Crippen LogP contribution in [0.1, 0.15) is 51.2 Å². The van der Waals surface area contributed by atoms with Crippen molar-refractivity contribution in [1.29, 1.82) is 0 Å². The van der Waals surface area contributed by atoms with Crippen molar-refractivity contribution >= 4 is 10.0 Å². The van der Waals surface area contributed by atoms with Crippen molar-refractivity contribution in [1.82, 2.24) is 4.72 Å². The van der Waals surface area contributed by atoms with Crippen LogP contribution in [-0.4, -0.2) is 26.9 Å². The molecule has 0 aromatic heterocycles. The van der Waals surface area contributed by atoms with Gasteiger partial charge in [0.15, 0.2) is 0 Å². The summed E-state index contributed by atoms with van der Waals surface area (Å²) in [6.07, 6.45) is 2.24. The molecule has 1 aliphatic heterocycles. The van der Waals surface area contributed by atoms with E-state index in [0.717, 1.165) is 12.0 Å². The highest BCUT2D eigenvalue weighted by Gasteiger charge is 2.27. The summed E-state index contributed by atoms with van der Waals surface area (Å²) in [5, 5.41) is -0.320. The normalized spacial score (nSPS) is 17.6. The average molecular weight is 325 g/mol. The van der Waals surface area contributed by atoms with Crippen molar-refractivity contribution in [2.45, 2.75) is 57.2 Å². The van der Waals surface area contributed by atoms with Gasteiger partial charge in [-0.3, -0.25) is 0 Å². The predicted molar refractivity (Wildman–Crippen MR) is 89.4 cm³/mol. The summed E-state index contributed by atoms with van der Waals surface area (Å²) in [7, 11) is -3.25. The molecule has 1 aromatic carbocycles. The fourth-order valence-corrected chi connectivity index (χ4v) is 3.98. The molecule has 0 saturated carbocycles. The van der Waals surface area contributed by atoms with E-state index >= 15 is 0 Å². The van der Waals surface area contributed by atoms with Gasteiger partial charge in [-0.1, -0.05) is 45.0 Å². The number of nitrogens with one attached hydrogen (secondary N) is 1. The van der Waals surface area contributed by atoms with Crippen LogP contribution in [0.2, 0.25) is 0 Å². The van der Waals surface area contributed by atoms with Gasteiger partial charge >= 0.3 is 0 Å². The molecule has 1 N–H and O–H groups in total. The van der Waals surface area contributed by atoms with Crippen LogP contribution in [0, 0.1) is 0 Å². The van der Waals surface area contributed by atoms with Crippen LogP contribution in [-0.2, 0) is 26.7 Å². The van der Waals surface area contributed by atoms with Gasteiger partial charge < -0.3 is 4.74 Å². The monoisotopic (exact) mass is 325 g/mol. The molecule has 0 atom stereocenters. The lowest BCUT2D eigenvalue weighted by Gasteiger charge is -2.24. The van der Waals surface area contributed by atoms with Gasteiger partial charge in [0.2, 0.25) is 10.0 Å². The molecule has 22 heavy (non-hydrogen) atoms. The summed E-state index contributed by atoms with van der Waals surface area (Å²) in [6, 6.07) is 8.22. The quantitative estimate of drug-likeness (QED) is 0.875. The molecule has 4 nitrogen and oxygen atoms in total. The Morgan fingerprint density at radius 2 is 1.77 bits per heavy atom. The van der Waals surface area contributed by atoms with E-state index in [9.17, 15) is 8.42 Å². The molecule has 0 aliphatic carbocycles. The third kappa shape index (κ3) is 4.31. The maximum atomic E-state index is 12.3. The molecule has 0 bridgehead atoms. The summed E-state index contributed by atoms with van der Waals surface area (Å²) in [5.74, 6) is 0. The van der Waals surface area contributed by atoms with Gasteiger partial charge in [0.05, 0.1) is 5.25 Å². The van der Waals surface area contributed by atoms with Crippen molar-refractivity contribution < 1.29 is 13.2 Å². The highest BCUT2D eigenvalue weighted by Crippen LogP contribution is 2.26. The second-order valence-electron chi connectivity index (χ2n) is 6.61. The molecule has 0 spiro atoms. The lowest BCUT2D eigenvalue weighted by molar-refractivity contribution is 0.0981. The molecule has 0 unspecified atom stereocenters. The first-order valence-corrected chi connectivity index (χ1v) is 9.55. The number of benzene rings is 1. The van der Waals surface area contributed by atoms with Gasteiger partial charge in [0, 0.05) is 19.8 Å². The Kier molecular flexibility index (Phi) is 5.64. The molecule has 1 aromatic rings. The standard InChI is InChI=1S/C17H27NO3S/c1-4-17(2,3)15-7-5-14(6-8-15)13-18-22(19,20)16-9-11-21-12-10-16/h5-8,16,18H,4,9-13H2,1-3H3. The van der Waals surface area contributed by atoms with Crippen molar-refractivity contribution in [3.8, 4) is 0 Å². The summed E-state index contributed by atoms with van der Waals surface area (Å²) >= 11 is 0. The molecule has 5 heteroatoms. The van der Waals surface area contributed by atoms with Gasteiger partial charge in [-0.2, -0.15) is 0 Å². The number of ether oxygens (including phenoxy) is 1. The topological polar surface area (TPSA) is 55.4 Å². The van der Waals surface area contributed by atoms with Gasteiger partial charge in [-0.15, -0.1) is 0 Å². The van der Waals surface area contributed by atoms with Gasteiger partial charge in [0.25, 0.3) is 0 Å². The van der Waals surface area contributed by atoms with Crippen molar-refractivity contribution in [3.63, 3.8) is 0 Å². The summed E-state index contributed by atoms with van der Waals surface area (Å²) in [4.78, 5) is 0. The first-order valence-electron chi connectivity index (χ1n) is 8.01. The number of sulfonamides is 1. The molecule has 124 valence electrons. The van der Waals surface area contributed by atoms with Crippen LogP contribution in [0.4, 0.5) is 0 Å². The zero-order valence-corrected chi connectivity index (χ0v) is 14.6. The fourth-order valence-electron chi connectivity index (χ4n) is 2.57. The number of hydrogen-bond donors (Lipinski definition) is 1. The van der Waals surface area contributed by atoms with E-state index < -0.39 is 10.0 Å². The van der Waals surface area contributed by atoms with Crippen LogP contribution in [0.3, 0.4) is 0 Å². The number of hydrogen-bond acceptors (Lipinski definition) is 3. The molecule has 1 fully saturated rings. The van der Waals surface area contributed by atoms with Crippen molar-refractivity contribution in [3.05, 3.63) is 35.4 Å². The molecule has 1 saturated heterocycles. The van der Waals surface area contributed by atoms with E-state index in [0.29, 0.717) is 32.6 Å². The SMILES string of the molecule is CCC(C)(C)c1ccc(CNS(=O)(=O)C2CCOCC2)cc1. The molecule has 0 amide bonds. The van der Waals surface area contributed by atoms with E-state index in [1.165, 1.54) is 5.56 Å². The minimum Gasteiger partial charge on any atom is -0.381 e. The Morgan fingerprint density at radius 3 is 2.32 bits per heavy atom. The predicted octanol–water partition coefficient (Wildman–Crippen LogP) is 2.97. The Hall–Kier alpha value is -0.910. The molecular formula is C17H27NO3S. The highest BCUT2D eigenvalue weighted by atomic mass is 32.2. The van der Waals surface area contributed by atoms with Gasteiger partial charge in [-0.05, 0) is 35.8 Å². The Bertz CT molecular complexity index is 572. The van der Waals surface area contributed by atoms with Crippen LogP contribution in [0.5, 0.6) is 0 Å². The maximum absolute atomic E-state index is 12.3. The van der Waals surface area contributed by atoms with E-state index in [1.807, 2.05) is 12.1 Å². The van der Waals surface area contributed by atoms with Crippen LogP contribution in [0.25, 0.3) is 0 Å². The second-order valence-corrected chi connectivity index (χ2v) is 8.66.